The van der Waals surface area contributed by atoms with Gasteiger partial charge in [-0.2, -0.15) is 5.10 Å². The van der Waals surface area contributed by atoms with Crippen molar-refractivity contribution in [3.63, 3.8) is 0 Å². The van der Waals surface area contributed by atoms with Gasteiger partial charge >= 0.3 is 0 Å². The molecule has 0 saturated carbocycles. The first-order valence-electron chi connectivity index (χ1n) is 6.82. The summed E-state index contributed by atoms with van der Waals surface area (Å²) in [5.74, 6) is 0. The number of nitro groups is 1. The summed E-state index contributed by atoms with van der Waals surface area (Å²) in [6, 6.07) is 6.89. The smallest absolute Gasteiger partial charge is 0.295 e. The summed E-state index contributed by atoms with van der Waals surface area (Å²) < 4.78 is 1.58. The van der Waals surface area contributed by atoms with E-state index < -0.39 is 0 Å². The van der Waals surface area contributed by atoms with Gasteiger partial charge in [0.2, 0.25) is 0 Å². The van der Waals surface area contributed by atoms with Crippen molar-refractivity contribution >= 4 is 5.69 Å². The van der Waals surface area contributed by atoms with E-state index in [9.17, 15) is 10.1 Å². The highest BCUT2D eigenvalue weighted by atomic mass is 16.6. The average Bonchev–Trinajstić information content (AvgIpc) is 2.83. The molecule has 0 spiro atoms. The number of hydrogen-bond acceptors (Lipinski definition) is 4. The van der Waals surface area contributed by atoms with E-state index >= 15 is 0 Å². The van der Waals surface area contributed by atoms with Crippen molar-refractivity contribution in [1.29, 1.82) is 0 Å². The molecule has 112 valence electrons. The molecule has 0 radical (unpaired) electrons. The minimum absolute atomic E-state index is 0.00155. The predicted octanol–water partition coefficient (Wildman–Crippen LogP) is 2.98. The lowest BCUT2D eigenvalue weighted by Gasteiger charge is -2.19. The summed E-state index contributed by atoms with van der Waals surface area (Å²) in [4.78, 5) is 10.8. The lowest BCUT2D eigenvalue weighted by atomic mass is 10.1. The van der Waals surface area contributed by atoms with Gasteiger partial charge in [0.25, 0.3) is 5.69 Å². The zero-order valence-electron chi connectivity index (χ0n) is 12.8. The second-order valence-corrected chi connectivity index (χ2v) is 6.05. The van der Waals surface area contributed by atoms with Crippen LogP contribution in [0.1, 0.15) is 32.0 Å². The second kappa shape index (κ2) is 5.65. The van der Waals surface area contributed by atoms with Crippen molar-refractivity contribution in [2.45, 2.75) is 39.8 Å². The number of rotatable bonds is 4. The highest BCUT2D eigenvalue weighted by molar-refractivity contribution is 5.56. The molecule has 6 heteroatoms. The number of nitro benzene ring substituents is 1. The molecule has 0 aliphatic heterocycles. The molecule has 1 heterocycles. The van der Waals surface area contributed by atoms with Gasteiger partial charge in [-0.3, -0.25) is 10.1 Å². The summed E-state index contributed by atoms with van der Waals surface area (Å²) in [5.41, 5.74) is 2.25. The third kappa shape index (κ3) is 3.66. The van der Waals surface area contributed by atoms with Crippen LogP contribution in [0.15, 0.2) is 30.5 Å². The first-order chi connectivity index (χ1) is 9.78. The number of aromatic nitrogens is 2. The van der Waals surface area contributed by atoms with Gasteiger partial charge in [0.05, 0.1) is 10.6 Å². The van der Waals surface area contributed by atoms with Gasteiger partial charge in [0, 0.05) is 24.3 Å². The van der Waals surface area contributed by atoms with Crippen molar-refractivity contribution < 1.29 is 4.92 Å². The Bertz CT molecular complexity index is 656. The standard InChI is InChI=1S/C15H20N4O2/c1-11-6-5-7-13(19(20)21)14(11)18-9-8-12(17-18)10-16-15(2,3)4/h5-9,16H,10H2,1-4H3. The van der Waals surface area contributed by atoms with E-state index in [4.69, 9.17) is 0 Å². The summed E-state index contributed by atoms with van der Waals surface area (Å²) in [6.45, 7) is 8.70. The quantitative estimate of drug-likeness (QED) is 0.693. The number of hydrogen-bond donors (Lipinski definition) is 1. The van der Waals surface area contributed by atoms with Crippen molar-refractivity contribution in [2.75, 3.05) is 0 Å². The number of nitrogens with one attached hydrogen (secondary N) is 1. The molecule has 2 aromatic rings. The molecule has 0 bridgehead atoms. The molecular formula is C15H20N4O2. The fraction of sp³-hybridized carbons (Fsp3) is 0.400. The van der Waals surface area contributed by atoms with Crippen LogP contribution in [0, 0.1) is 17.0 Å². The molecule has 0 aliphatic rings. The van der Waals surface area contributed by atoms with E-state index in [1.165, 1.54) is 6.07 Å². The van der Waals surface area contributed by atoms with Crippen molar-refractivity contribution in [3.05, 3.63) is 51.8 Å². The number of nitrogens with zero attached hydrogens (tertiary/aromatic N) is 3. The molecular weight excluding hydrogens is 268 g/mol. The molecule has 0 atom stereocenters. The fourth-order valence-electron chi connectivity index (χ4n) is 2.03. The Hall–Kier alpha value is -2.21. The average molecular weight is 288 g/mol. The maximum atomic E-state index is 11.2. The van der Waals surface area contributed by atoms with Gasteiger partial charge in [-0.05, 0) is 39.3 Å². The first-order valence-corrected chi connectivity index (χ1v) is 6.82. The van der Waals surface area contributed by atoms with Crippen LogP contribution in [-0.4, -0.2) is 20.2 Å². The van der Waals surface area contributed by atoms with E-state index in [0.717, 1.165) is 11.3 Å². The summed E-state index contributed by atoms with van der Waals surface area (Å²) in [7, 11) is 0. The molecule has 1 aromatic carbocycles. The minimum atomic E-state index is -0.378. The third-order valence-corrected chi connectivity index (χ3v) is 3.09. The van der Waals surface area contributed by atoms with Crippen molar-refractivity contribution in [1.82, 2.24) is 15.1 Å². The summed E-state index contributed by atoms with van der Waals surface area (Å²) >= 11 is 0. The summed E-state index contributed by atoms with van der Waals surface area (Å²) in [5, 5.41) is 18.9. The Kier molecular flexibility index (Phi) is 4.09. The van der Waals surface area contributed by atoms with E-state index in [1.807, 2.05) is 19.1 Å². The SMILES string of the molecule is Cc1cccc([N+](=O)[O-])c1-n1ccc(CNC(C)(C)C)n1. The highest BCUT2D eigenvalue weighted by Gasteiger charge is 2.18. The van der Waals surface area contributed by atoms with Gasteiger partial charge in [-0.25, -0.2) is 4.68 Å². The van der Waals surface area contributed by atoms with Crippen LogP contribution in [0.5, 0.6) is 0 Å². The van der Waals surface area contributed by atoms with Gasteiger partial charge in [0.15, 0.2) is 0 Å². The van der Waals surface area contributed by atoms with Crippen LogP contribution in [0.25, 0.3) is 5.69 Å². The van der Waals surface area contributed by atoms with Crippen LogP contribution >= 0.6 is 0 Å². The van der Waals surface area contributed by atoms with Gasteiger partial charge in [-0.1, -0.05) is 12.1 Å². The monoisotopic (exact) mass is 288 g/mol. The van der Waals surface area contributed by atoms with Crippen LogP contribution in [-0.2, 0) is 6.54 Å². The molecule has 1 N–H and O–H groups in total. The largest absolute Gasteiger partial charge is 0.306 e. The lowest BCUT2D eigenvalue weighted by Crippen LogP contribution is -2.35. The zero-order valence-corrected chi connectivity index (χ0v) is 12.8. The molecule has 0 unspecified atom stereocenters. The van der Waals surface area contributed by atoms with Crippen LogP contribution in [0.4, 0.5) is 5.69 Å². The Morgan fingerprint density at radius 2 is 2.05 bits per heavy atom. The molecule has 21 heavy (non-hydrogen) atoms. The normalized spacial score (nSPS) is 11.6. The maximum absolute atomic E-state index is 11.2. The van der Waals surface area contributed by atoms with Gasteiger partial charge < -0.3 is 5.32 Å². The summed E-state index contributed by atoms with van der Waals surface area (Å²) in [6.07, 6.45) is 1.76. The highest BCUT2D eigenvalue weighted by Crippen LogP contribution is 2.25. The Labute approximate surface area is 123 Å². The first kappa shape index (κ1) is 15.2. The molecule has 0 amide bonds. The van der Waals surface area contributed by atoms with Crippen molar-refractivity contribution in [2.24, 2.45) is 0 Å². The van der Waals surface area contributed by atoms with E-state index in [-0.39, 0.29) is 16.1 Å². The second-order valence-electron chi connectivity index (χ2n) is 6.05. The third-order valence-electron chi connectivity index (χ3n) is 3.09. The van der Waals surface area contributed by atoms with E-state index in [0.29, 0.717) is 12.2 Å². The van der Waals surface area contributed by atoms with Gasteiger partial charge in [-0.15, -0.1) is 0 Å². The fourth-order valence-corrected chi connectivity index (χ4v) is 2.03. The number of aryl methyl sites for hydroxylation is 1. The van der Waals surface area contributed by atoms with Crippen LogP contribution < -0.4 is 5.32 Å². The minimum Gasteiger partial charge on any atom is -0.306 e. The molecule has 2 rings (SSSR count). The van der Waals surface area contributed by atoms with Crippen molar-refractivity contribution in [3.8, 4) is 5.69 Å². The lowest BCUT2D eigenvalue weighted by molar-refractivity contribution is -0.384. The molecule has 6 nitrogen and oxygen atoms in total. The number of benzene rings is 1. The molecule has 0 fully saturated rings. The van der Waals surface area contributed by atoms with Gasteiger partial charge in [0.1, 0.15) is 5.69 Å². The zero-order chi connectivity index (χ0) is 15.6. The predicted molar refractivity (Wildman–Crippen MR) is 81.5 cm³/mol. The number of para-hydroxylation sites is 1. The Balaban J connectivity index is 2.32. The van der Waals surface area contributed by atoms with E-state index in [1.54, 1.807) is 16.9 Å². The molecule has 0 aliphatic carbocycles. The van der Waals surface area contributed by atoms with E-state index in [2.05, 4.69) is 31.2 Å². The topological polar surface area (TPSA) is 73.0 Å². The molecule has 1 aromatic heterocycles. The van der Waals surface area contributed by atoms with Crippen LogP contribution in [0.3, 0.4) is 0 Å². The Morgan fingerprint density at radius 1 is 1.33 bits per heavy atom. The maximum Gasteiger partial charge on any atom is 0.295 e. The molecule has 0 saturated heterocycles. The van der Waals surface area contributed by atoms with Crippen LogP contribution in [0.2, 0.25) is 0 Å². The Morgan fingerprint density at radius 3 is 2.67 bits per heavy atom.